The Labute approximate surface area is 133 Å². The van der Waals surface area contributed by atoms with Crippen LogP contribution in [0.2, 0.25) is 10.2 Å². The highest BCUT2D eigenvalue weighted by molar-refractivity contribution is 6.34. The maximum absolute atomic E-state index is 12.3. The van der Waals surface area contributed by atoms with Crippen molar-refractivity contribution in [2.75, 3.05) is 17.2 Å². The third kappa shape index (κ3) is 4.09. The molecule has 0 atom stereocenters. The number of halogens is 2. The van der Waals surface area contributed by atoms with E-state index in [1.54, 1.807) is 18.2 Å². The number of pyridine rings is 1. The van der Waals surface area contributed by atoms with Crippen molar-refractivity contribution in [2.45, 2.75) is 13.8 Å². The van der Waals surface area contributed by atoms with Crippen LogP contribution in [0.5, 0.6) is 0 Å². The van der Waals surface area contributed by atoms with E-state index >= 15 is 0 Å². The molecule has 21 heavy (non-hydrogen) atoms. The molecule has 1 aromatic heterocycles. The zero-order valence-electron chi connectivity index (χ0n) is 11.7. The Bertz CT molecular complexity index is 674. The molecule has 4 nitrogen and oxygen atoms in total. The molecule has 0 spiro atoms. The fourth-order valence-electron chi connectivity index (χ4n) is 1.82. The number of nitrogens with zero attached hydrogens (tertiary/aromatic N) is 1. The molecule has 0 bridgehead atoms. The minimum absolute atomic E-state index is 0.258. The van der Waals surface area contributed by atoms with Gasteiger partial charge in [-0.25, -0.2) is 4.98 Å². The molecule has 1 aromatic carbocycles. The van der Waals surface area contributed by atoms with E-state index < -0.39 is 0 Å². The molecule has 2 rings (SSSR count). The maximum Gasteiger partial charge on any atom is 0.255 e. The SMILES string of the molecule is CCNc1cc(C(=O)Nc2ccc(C)cc2Cl)cc(Cl)n1. The van der Waals surface area contributed by atoms with Crippen LogP contribution in [0.3, 0.4) is 0 Å². The van der Waals surface area contributed by atoms with Gasteiger partial charge in [0.25, 0.3) is 5.91 Å². The number of aromatic nitrogens is 1. The van der Waals surface area contributed by atoms with Crippen molar-refractivity contribution in [2.24, 2.45) is 0 Å². The second-order valence-electron chi connectivity index (χ2n) is 4.53. The van der Waals surface area contributed by atoms with Gasteiger partial charge >= 0.3 is 0 Å². The number of benzene rings is 1. The molecule has 0 unspecified atom stereocenters. The van der Waals surface area contributed by atoms with Crippen molar-refractivity contribution in [1.82, 2.24) is 4.98 Å². The molecule has 0 fully saturated rings. The first-order chi connectivity index (χ1) is 9.99. The van der Waals surface area contributed by atoms with Gasteiger partial charge < -0.3 is 10.6 Å². The zero-order chi connectivity index (χ0) is 15.4. The minimum atomic E-state index is -0.288. The lowest BCUT2D eigenvalue weighted by molar-refractivity contribution is 0.102. The standard InChI is InChI=1S/C15H15Cl2N3O/c1-3-18-14-8-10(7-13(17)20-14)15(21)19-12-5-4-9(2)6-11(12)16/h4-8H,3H2,1-2H3,(H,18,20)(H,19,21). The van der Waals surface area contributed by atoms with Crippen LogP contribution in [0.1, 0.15) is 22.8 Å². The van der Waals surface area contributed by atoms with Gasteiger partial charge in [-0.1, -0.05) is 29.3 Å². The molecular formula is C15H15Cl2N3O. The molecule has 2 aromatic rings. The largest absolute Gasteiger partial charge is 0.370 e. The third-order valence-corrected chi connectivity index (χ3v) is 3.29. The lowest BCUT2D eigenvalue weighted by Gasteiger charge is -2.10. The summed E-state index contributed by atoms with van der Waals surface area (Å²) in [5, 5.41) is 6.54. The second-order valence-corrected chi connectivity index (χ2v) is 5.33. The predicted octanol–water partition coefficient (Wildman–Crippen LogP) is 4.38. The summed E-state index contributed by atoms with van der Waals surface area (Å²) < 4.78 is 0. The summed E-state index contributed by atoms with van der Waals surface area (Å²) in [6.07, 6.45) is 0. The number of carbonyl (C=O) groups is 1. The average Bonchev–Trinajstić information content (AvgIpc) is 2.41. The van der Waals surface area contributed by atoms with Crippen LogP contribution < -0.4 is 10.6 Å². The van der Waals surface area contributed by atoms with Crippen LogP contribution in [-0.2, 0) is 0 Å². The van der Waals surface area contributed by atoms with E-state index in [0.29, 0.717) is 28.6 Å². The number of hydrogen-bond donors (Lipinski definition) is 2. The van der Waals surface area contributed by atoms with E-state index in [2.05, 4.69) is 15.6 Å². The fourth-order valence-corrected chi connectivity index (χ4v) is 2.31. The van der Waals surface area contributed by atoms with Gasteiger partial charge in [0.15, 0.2) is 0 Å². The summed E-state index contributed by atoms with van der Waals surface area (Å²) in [5.41, 5.74) is 2.01. The van der Waals surface area contributed by atoms with Crippen molar-refractivity contribution in [3.8, 4) is 0 Å². The summed E-state index contributed by atoms with van der Waals surface area (Å²) >= 11 is 12.0. The molecular weight excluding hydrogens is 309 g/mol. The topological polar surface area (TPSA) is 54.0 Å². The highest BCUT2D eigenvalue weighted by Crippen LogP contribution is 2.24. The zero-order valence-corrected chi connectivity index (χ0v) is 13.2. The molecule has 0 aliphatic carbocycles. The van der Waals surface area contributed by atoms with Gasteiger partial charge in [-0.2, -0.15) is 0 Å². The first kappa shape index (κ1) is 15.6. The molecule has 0 radical (unpaired) electrons. The van der Waals surface area contributed by atoms with Crippen molar-refractivity contribution in [3.63, 3.8) is 0 Å². The lowest BCUT2D eigenvalue weighted by atomic mass is 10.2. The Hall–Kier alpha value is -1.78. The van der Waals surface area contributed by atoms with Gasteiger partial charge in [0.05, 0.1) is 10.7 Å². The van der Waals surface area contributed by atoms with Crippen LogP contribution >= 0.6 is 23.2 Å². The van der Waals surface area contributed by atoms with Crippen LogP contribution in [0.15, 0.2) is 30.3 Å². The fraction of sp³-hybridized carbons (Fsp3) is 0.200. The van der Waals surface area contributed by atoms with Gasteiger partial charge in [-0.05, 0) is 43.7 Å². The second kappa shape index (κ2) is 6.78. The predicted molar refractivity (Wildman–Crippen MR) is 87.6 cm³/mol. The molecule has 1 amide bonds. The molecule has 0 aliphatic heterocycles. The third-order valence-electron chi connectivity index (χ3n) is 2.79. The van der Waals surface area contributed by atoms with Gasteiger partial charge in [-0.3, -0.25) is 4.79 Å². The number of rotatable bonds is 4. The average molecular weight is 324 g/mol. The molecule has 6 heteroatoms. The number of nitrogens with one attached hydrogen (secondary N) is 2. The van der Waals surface area contributed by atoms with Gasteiger partial charge in [0, 0.05) is 12.1 Å². The summed E-state index contributed by atoms with van der Waals surface area (Å²) in [7, 11) is 0. The van der Waals surface area contributed by atoms with E-state index in [4.69, 9.17) is 23.2 Å². The minimum Gasteiger partial charge on any atom is -0.370 e. The van der Waals surface area contributed by atoms with Crippen LogP contribution in [0.4, 0.5) is 11.5 Å². The number of anilines is 2. The Balaban J connectivity index is 2.23. The molecule has 0 saturated heterocycles. The van der Waals surface area contributed by atoms with Crippen LogP contribution in [0, 0.1) is 6.92 Å². The van der Waals surface area contributed by atoms with E-state index in [0.717, 1.165) is 5.56 Å². The van der Waals surface area contributed by atoms with E-state index in [9.17, 15) is 4.79 Å². The van der Waals surface area contributed by atoms with Gasteiger partial charge in [0.2, 0.25) is 0 Å². The monoisotopic (exact) mass is 323 g/mol. The molecule has 0 saturated carbocycles. The van der Waals surface area contributed by atoms with E-state index in [-0.39, 0.29) is 11.1 Å². The normalized spacial score (nSPS) is 10.3. The maximum atomic E-state index is 12.3. The first-order valence-electron chi connectivity index (χ1n) is 6.48. The van der Waals surface area contributed by atoms with Crippen molar-refractivity contribution in [1.29, 1.82) is 0 Å². The molecule has 0 aliphatic rings. The molecule has 1 heterocycles. The van der Waals surface area contributed by atoms with Crippen molar-refractivity contribution in [3.05, 3.63) is 51.6 Å². The lowest BCUT2D eigenvalue weighted by Crippen LogP contribution is -2.13. The van der Waals surface area contributed by atoms with Crippen LogP contribution in [0.25, 0.3) is 0 Å². The van der Waals surface area contributed by atoms with E-state index in [1.165, 1.54) is 6.07 Å². The number of aryl methyl sites for hydroxylation is 1. The Kier molecular flexibility index (Phi) is 5.04. The van der Waals surface area contributed by atoms with Gasteiger partial charge in [0.1, 0.15) is 11.0 Å². The molecule has 110 valence electrons. The number of carbonyl (C=O) groups excluding carboxylic acids is 1. The van der Waals surface area contributed by atoms with Crippen molar-refractivity contribution < 1.29 is 4.79 Å². The van der Waals surface area contributed by atoms with Crippen molar-refractivity contribution >= 4 is 40.6 Å². The Morgan fingerprint density at radius 3 is 2.67 bits per heavy atom. The smallest absolute Gasteiger partial charge is 0.255 e. The Morgan fingerprint density at radius 2 is 2.00 bits per heavy atom. The van der Waals surface area contributed by atoms with E-state index in [1.807, 2.05) is 19.9 Å². The number of amides is 1. The summed E-state index contributed by atoms with van der Waals surface area (Å²) in [5.74, 6) is 0.273. The summed E-state index contributed by atoms with van der Waals surface area (Å²) in [4.78, 5) is 16.4. The first-order valence-corrected chi connectivity index (χ1v) is 7.24. The Morgan fingerprint density at radius 1 is 1.24 bits per heavy atom. The summed E-state index contributed by atoms with van der Waals surface area (Å²) in [6.45, 7) is 4.56. The summed E-state index contributed by atoms with van der Waals surface area (Å²) in [6, 6.07) is 8.60. The molecule has 2 N–H and O–H groups in total. The van der Waals surface area contributed by atoms with Crippen LogP contribution in [-0.4, -0.2) is 17.4 Å². The number of hydrogen-bond acceptors (Lipinski definition) is 3. The highest BCUT2D eigenvalue weighted by atomic mass is 35.5. The highest BCUT2D eigenvalue weighted by Gasteiger charge is 2.11. The van der Waals surface area contributed by atoms with Gasteiger partial charge in [-0.15, -0.1) is 0 Å². The quantitative estimate of drug-likeness (QED) is 0.821.